The first-order valence-corrected chi connectivity index (χ1v) is 4.56. The summed E-state index contributed by atoms with van der Waals surface area (Å²) >= 11 is 0. The van der Waals surface area contributed by atoms with Crippen molar-refractivity contribution in [2.45, 2.75) is 13.8 Å². The van der Waals surface area contributed by atoms with Gasteiger partial charge in [0, 0.05) is 18.7 Å². The van der Waals surface area contributed by atoms with Crippen molar-refractivity contribution >= 4 is 0 Å². The molecule has 0 aliphatic heterocycles. The minimum absolute atomic E-state index is 0.402. The SMILES string of the molecule is C=C/C=C(\NC)C(C)/C=C/C=C\C. The Balaban J connectivity index is 4.29. The smallest absolute Gasteiger partial charge is 0.0171 e. The molecule has 0 aromatic carbocycles. The van der Waals surface area contributed by atoms with Gasteiger partial charge in [0.2, 0.25) is 0 Å². The molecule has 0 aliphatic carbocycles. The van der Waals surface area contributed by atoms with Crippen LogP contribution in [-0.2, 0) is 0 Å². The zero-order valence-electron chi connectivity index (χ0n) is 8.75. The summed E-state index contributed by atoms with van der Waals surface area (Å²) in [5, 5.41) is 3.14. The molecule has 0 bridgehead atoms. The molecule has 0 aliphatic rings. The third-order valence-corrected chi connectivity index (χ3v) is 1.78. The molecule has 1 N–H and O–H groups in total. The highest BCUT2D eigenvalue weighted by Crippen LogP contribution is 2.08. The molecule has 1 atom stereocenters. The van der Waals surface area contributed by atoms with Crippen molar-refractivity contribution < 1.29 is 0 Å². The first-order valence-electron chi connectivity index (χ1n) is 4.56. The molecule has 0 heterocycles. The third-order valence-electron chi connectivity index (χ3n) is 1.78. The van der Waals surface area contributed by atoms with Crippen molar-refractivity contribution in [1.29, 1.82) is 0 Å². The van der Waals surface area contributed by atoms with Crippen molar-refractivity contribution in [2.24, 2.45) is 5.92 Å². The quantitative estimate of drug-likeness (QED) is 0.636. The molecule has 1 nitrogen and oxygen atoms in total. The van der Waals surface area contributed by atoms with Crippen LogP contribution in [0.15, 0.2) is 48.7 Å². The van der Waals surface area contributed by atoms with Crippen molar-refractivity contribution in [2.75, 3.05) is 7.05 Å². The Bertz CT molecular complexity index is 221. The van der Waals surface area contributed by atoms with E-state index < -0.39 is 0 Å². The topological polar surface area (TPSA) is 12.0 Å². The van der Waals surface area contributed by atoms with Crippen molar-refractivity contribution in [3.63, 3.8) is 0 Å². The summed E-state index contributed by atoms with van der Waals surface area (Å²) in [5.41, 5.74) is 1.18. The molecule has 13 heavy (non-hydrogen) atoms. The van der Waals surface area contributed by atoms with E-state index in [0.717, 1.165) is 0 Å². The summed E-state index contributed by atoms with van der Waals surface area (Å²) < 4.78 is 0. The molecule has 0 fully saturated rings. The number of nitrogens with one attached hydrogen (secondary N) is 1. The maximum Gasteiger partial charge on any atom is 0.0171 e. The molecular weight excluding hydrogens is 158 g/mol. The number of allylic oxidation sites excluding steroid dienone is 6. The van der Waals surface area contributed by atoms with Crippen LogP contribution in [0.25, 0.3) is 0 Å². The Morgan fingerprint density at radius 2 is 2.08 bits per heavy atom. The molecule has 0 rings (SSSR count). The Kier molecular flexibility index (Phi) is 6.70. The highest BCUT2D eigenvalue weighted by molar-refractivity contribution is 5.17. The lowest BCUT2D eigenvalue weighted by molar-refractivity contribution is 0.766. The fourth-order valence-electron chi connectivity index (χ4n) is 1.04. The van der Waals surface area contributed by atoms with Gasteiger partial charge in [0.05, 0.1) is 0 Å². The van der Waals surface area contributed by atoms with Gasteiger partial charge in [0.25, 0.3) is 0 Å². The van der Waals surface area contributed by atoms with E-state index in [4.69, 9.17) is 0 Å². The molecule has 1 unspecified atom stereocenters. The maximum atomic E-state index is 3.67. The highest BCUT2D eigenvalue weighted by atomic mass is 14.8. The average molecular weight is 177 g/mol. The lowest BCUT2D eigenvalue weighted by Gasteiger charge is -2.10. The normalized spacial score (nSPS) is 15.2. The molecule has 0 spiro atoms. The zero-order valence-corrected chi connectivity index (χ0v) is 8.75. The van der Waals surface area contributed by atoms with Gasteiger partial charge in [-0.05, 0) is 13.0 Å². The summed E-state index contributed by atoms with van der Waals surface area (Å²) in [6, 6.07) is 0. The second-order valence-corrected chi connectivity index (χ2v) is 2.81. The van der Waals surface area contributed by atoms with Gasteiger partial charge in [-0.15, -0.1) is 0 Å². The molecule has 1 heteroatoms. The van der Waals surface area contributed by atoms with Gasteiger partial charge in [-0.3, -0.25) is 0 Å². The van der Waals surface area contributed by atoms with Gasteiger partial charge >= 0.3 is 0 Å². The molecule has 0 saturated carbocycles. The van der Waals surface area contributed by atoms with E-state index in [0.29, 0.717) is 5.92 Å². The standard InChI is InChI=1S/C12H19N/c1-5-7-8-10-11(3)12(13-4)9-6-2/h5-11,13H,2H2,1,3-4H3/b7-5-,10-8+,12-9-. The fraction of sp³-hybridized carbons (Fsp3) is 0.333. The lowest BCUT2D eigenvalue weighted by atomic mass is 10.1. The van der Waals surface area contributed by atoms with Gasteiger partial charge < -0.3 is 5.32 Å². The van der Waals surface area contributed by atoms with Crippen LogP contribution in [0.4, 0.5) is 0 Å². The van der Waals surface area contributed by atoms with Crippen molar-refractivity contribution in [3.8, 4) is 0 Å². The molecule has 72 valence electrons. The van der Waals surface area contributed by atoms with Crippen molar-refractivity contribution in [1.82, 2.24) is 5.32 Å². The summed E-state index contributed by atoms with van der Waals surface area (Å²) in [4.78, 5) is 0. The van der Waals surface area contributed by atoms with Crippen LogP contribution in [0.1, 0.15) is 13.8 Å². The second-order valence-electron chi connectivity index (χ2n) is 2.81. The van der Waals surface area contributed by atoms with Crippen LogP contribution < -0.4 is 5.32 Å². The molecule has 0 aromatic rings. The first-order chi connectivity index (χ1) is 6.26. The van der Waals surface area contributed by atoms with E-state index >= 15 is 0 Å². The minimum Gasteiger partial charge on any atom is -0.391 e. The predicted octanol–water partition coefficient (Wildman–Crippen LogP) is 3.04. The van der Waals surface area contributed by atoms with Gasteiger partial charge in [-0.2, -0.15) is 0 Å². The van der Waals surface area contributed by atoms with Crippen LogP contribution in [0.3, 0.4) is 0 Å². The van der Waals surface area contributed by atoms with Gasteiger partial charge in [-0.1, -0.05) is 43.9 Å². The average Bonchev–Trinajstić information content (AvgIpc) is 2.14. The maximum absolute atomic E-state index is 3.67. The summed E-state index contributed by atoms with van der Waals surface area (Å²) in [5.74, 6) is 0.402. The summed E-state index contributed by atoms with van der Waals surface area (Å²) in [6.45, 7) is 7.83. The van der Waals surface area contributed by atoms with Crippen LogP contribution in [-0.4, -0.2) is 7.05 Å². The molecule has 0 aromatic heterocycles. The van der Waals surface area contributed by atoms with Gasteiger partial charge in [0.1, 0.15) is 0 Å². The number of rotatable bonds is 5. The van der Waals surface area contributed by atoms with Crippen LogP contribution in [0.5, 0.6) is 0 Å². The Morgan fingerprint density at radius 3 is 2.54 bits per heavy atom. The van der Waals surface area contributed by atoms with E-state index in [1.54, 1.807) is 6.08 Å². The highest BCUT2D eigenvalue weighted by Gasteiger charge is 1.99. The molecule has 0 radical (unpaired) electrons. The summed E-state index contributed by atoms with van der Waals surface area (Å²) in [7, 11) is 1.93. The largest absolute Gasteiger partial charge is 0.391 e. The van der Waals surface area contributed by atoms with E-state index in [1.807, 2.05) is 32.2 Å². The van der Waals surface area contributed by atoms with Crippen molar-refractivity contribution in [3.05, 3.63) is 48.7 Å². The Morgan fingerprint density at radius 1 is 1.38 bits per heavy atom. The lowest BCUT2D eigenvalue weighted by Crippen LogP contribution is -2.11. The van der Waals surface area contributed by atoms with E-state index in [-0.39, 0.29) is 0 Å². The van der Waals surface area contributed by atoms with Crippen LogP contribution in [0, 0.1) is 5.92 Å². The van der Waals surface area contributed by atoms with E-state index in [1.165, 1.54) is 5.70 Å². The molecule has 0 saturated heterocycles. The summed E-state index contributed by atoms with van der Waals surface area (Å²) in [6.07, 6.45) is 12.0. The predicted molar refractivity (Wildman–Crippen MR) is 60.5 cm³/mol. The second kappa shape index (κ2) is 7.41. The van der Waals surface area contributed by atoms with Gasteiger partial charge in [-0.25, -0.2) is 0 Å². The van der Waals surface area contributed by atoms with E-state index in [9.17, 15) is 0 Å². The molecule has 0 amide bonds. The van der Waals surface area contributed by atoms with Crippen LogP contribution in [0.2, 0.25) is 0 Å². The van der Waals surface area contributed by atoms with Gasteiger partial charge in [0.15, 0.2) is 0 Å². The van der Waals surface area contributed by atoms with E-state index in [2.05, 4.69) is 31.0 Å². The fourth-order valence-corrected chi connectivity index (χ4v) is 1.04. The Hall–Kier alpha value is -1.24. The zero-order chi connectivity index (χ0) is 10.1. The minimum atomic E-state index is 0.402. The molecular formula is C12H19N. The van der Waals surface area contributed by atoms with Crippen LogP contribution >= 0.6 is 0 Å². The first kappa shape index (κ1) is 11.8. The number of hydrogen-bond acceptors (Lipinski definition) is 1. The Labute approximate surface area is 81.5 Å². The monoisotopic (exact) mass is 177 g/mol. The number of hydrogen-bond donors (Lipinski definition) is 1. The third kappa shape index (κ3) is 5.07.